The smallest absolute Gasteiger partial charge is 0.0302 e. The molecule has 1 aromatic carbocycles. The fourth-order valence-corrected chi connectivity index (χ4v) is 4.81. The minimum absolute atomic E-state index is 0.654. The van der Waals surface area contributed by atoms with Gasteiger partial charge in [0.05, 0.1) is 0 Å². The molecule has 2 aliphatic carbocycles. The molecule has 1 atom stereocenters. The molecule has 0 fully saturated rings. The molecule has 0 spiro atoms. The Kier molecular flexibility index (Phi) is 3.37. The van der Waals surface area contributed by atoms with Crippen LogP contribution in [-0.2, 0) is 32.2 Å². The van der Waals surface area contributed by atoms with Crippen LogP contribution in [-0.4, -0.2) is 6.04 Å². The summed E-state index contributed by atoms with van der Waals surface area (Å²) >= 11 is 2.03. The minimum atomic E-state index is 0.654. The van der Waals surface area contributed by atoms with E-state index in [4.69, 9.17) is 0 Å². The molecular weight excluding hydrogens is 262 g/mol. The number of fused-ring (bicyclic) bond motifs is 2. The summed E-state index contributed by atoms with van der Waals surface area (Å²) in [6.45, 7) is 1.06. The largest absolute Gasteiger partial charge is 0.309 e. The molecule has 0 radical (unpaired) electrons. The van der Waals surface area contributed by atoms with Crippen molar-refractivity contribution in [2.24, 2.45) is 0 Å². The number of thiophene rings is 1. The number of hydrogen-bond donors (Lipinski definition) is 1. The molecule has 0 bridgehead atoms. The Balaban J connectivity index is 1.38. The normalized spacial score (nSPS) is 20.7. The first-order valence-electron chi connectivity index (χ1n) is 7.79. The molecule has 0 saturated carbocycles. The van der Waals surface area contributed by atoms with E-state index in [1.807, 2.05) is 11.3 Å². The molecule has 0 aliphatic heterocycles. The Bertz CT molecular complexity index is 592. The first kappa shape index (κ1) is 12.6. The van der Waals surface area contributed by atoms with Gasteiger partial charge < -0.3 is 5.32 Å². The topological polar surface area (TPSA) is 12.0 Å². The van der Waals surface area contributed by atoms with Crippen LogP contribution in [0.15, 0.2) is 30.3 Å². The Hall–Kier alpha value is -1.12. The molecule has 4 rings (SSSR count). The Morgan fingerprint density at radius 3 is 2.85 bits per heavy atom. The zero-order valence-electron chi connectivity index (χ0n) is 11.8. The maximum Gasteiger partial charge on any atom is 0.0302 e. The van der Waals surface area contributed by atoms with Crippen molar-refractivity contribution in [2.45, 2.75) is 51.1 Å². The van der Waals surface area contributed by atoms with Gasteiger partial charge in [0.25, 0.3) is 0 Å². The van der Waals surface area contributed by atoms with E-state index in [0.717, 1.165) is 6.54 Å². The molecule has 0 amide bonds. The predicted molar refractivity (Wildman–Crippen MR) is 85.4 cm³/mol. The maximum atomic E-state index is 3.78. The molecule has 20 heavy (non-hydrogen) atoms. The molecule has 104 valence electrons. The lowest BCUT2D eigenvalue weighted by Gasteiger charge is -2.25. The van der Waals surface area contributed by atoms with Crippen LogP contribution >= 0.6 is 11.3 Å². The van der Waals surface area contributed by atoms with Crippen molar-refractivity contribution in [3.05, 3.63) is 56.8 Å². The van der Waals surface area contributed by atoms with E-state index < -0.39 is 0 Å². The highest BCUT2D eigenvalue weighted by atomic mass is 32.1. The lowest BCUT2D eigenvalue weighted by Crippen LogP contribution is -2.33. The van der Waals surface area contributed by atoms with Gasteiger partial charge in [-0.05, 0) is 61.3 Å². The van der Waals surface area contributed by atoms with Gasteiger partial charge in [-0.15, -0.1) is 11.3 Å². The van der Waals surface area contributed by atoms with Crippen LogP contribution in [0.1, 0.15) is 39.3 Å². The van der Waals surface area contributed by atoms with Crippen molar-refractivity contribution in [1.82, 2.24) is 5.32 Å². The zero-order valence-corrected chi connectivity index (χ0v) is 12.6. The van der Waals surface area contributed by atoms with Crippen LogP contribution in [0.5, 0.6) is 0 Å². The molecule has 1 nitrogen and oxygen atoms in total. The zero-order chi connectivity index (χ0) is 13.4. The third-order valence-electron chi connectivity index (χ3n) is 4.71. The number of nitrogens with one attached hydrogen (secondary N) is 1. The average Bonchev–Trinajstić information content (AvgIpc) is 3.06. The van der Waals surface area contributed by atoms with E-state index in [1.165, 1.54) is 43.4 Å². The lowest BCUT2D eigenvalue weighted by molar-refractivity contribution is 0.459. The van der Waals surface area contributed by atoms with Crippen LogP contribution in [0.2, 0.25) is 0 Å². The molecular formula is C18H21NS. The van der Waals surface area contributed by atoms with Crippen molar-refractivity contribution in [3.63, 3.8) is 0 Å². The molecule has 2 heteroatoms. The maximum absolute atomic E-state index is 3.78. The third-order valence-corrected chi connectivity index (χ3v) is 5.95. The number of hydrogen-bond acceptors (Lipinski definition) is 2. The molecule has 2 aromatic rings. The van der Waals surface area contributed by atoms with Gasteiger partial charge in [-0.3, -0.25) is 0 Å². The summed E-state index contributed by atoms with van der Waals surface area (Å²) in [4.78, 5) is 3.18. The second kappa shape index (κ2) is 5.34. The summed E-state index contributed by atoms with van der Waals surface area (Å²) < 4.78 is 0. The molecule has 1 unspecified atom stereocenters. The molecule has 2 aliphatic rings. The highest BCUT2D eigenvalue weighted by molar-refractivity contribution is 7.12. The van der Waals surface area contributed by atoms with Crippen LogP contribution in [0.25, 0.3) is 0 Å². The van der Waals surface area contributed by atoms with Gasteiger partial charge in [-0.25, -0.2) is 0 Å². The number of benzene rings is 1. The van der Waals surface area contributed by atoms with Gasteiger partial charge in [0, 0.05) is 22.3 Å². The van der Waals surface area contributed by atoms with Crippen LogP contribution in [0, 0.1) is 0 Å². The summed E-state index contributed by atoms with van der Waals surface area (Å²) in [6.07, 6.45) is 7.70. The predicted octanol–water partition coefficient (Wildman–Crippen LogP) is 3.88. The summed E-state index contributed by atoms with van der Waals surface area (Å²) in [7, 11) is 0. The minimum Gasteiger partial charge on any atom is -0.309 e. The van der Waals surface area contributed by atoms with Gasteiger partial charge in [0.15, 0.2) is 0 Å². The summed E-state index contributed by atoms with van der Waals surface area (Å²) in [5, 5.41) is 3.78. The SMILES string of the molecule is c1ccc2c(c1)CCC(NCc1cc3c(s1)CCC3)C2. The van der Waals surface area contributed by atoms with Gasteiger partial charge in [0.1, 0.15) is 0 Å². The lowest BCUT2D eigenvalue weighted by atomic mass is 9.88. The van der Waals surface area contributed by atoms with E-state index in [1.54, 1.807) is 21.6 Å². The van der Waals surface area contributed by atoms with Crippen LogP contribution in [0.3, 0.4) is 0 Å². The molecule has 0 saturated heterocycles. The van der Waals surface area contributed by atoms with Gasteiger partial charge in [0.2, 0.25) is 0 Å². The van der Waals surface area contributed by atoms with Crippen LogP contribution in [0.4, 0.5) is 0 Å². The van der Waals surface area contributed by atoms with E-state index in [9.17, 15) is 0 Å². The second-order valence-corrected chi connectivity index (χ2v) is 7.33. The van der Waals surface area contributed by atoms with Crippen molar-refractivity contribution < 1.29 is 0 Å². The van der Waals surface area contributed by atoms with Gasteiger partial charge >= 0.3 is 0 Å². The number of rotatable bonds is 3. The van der Waals surface area contributed by atoms with Gasteiger partial charge in [-0.2, -0.15) is 0 Å². The molecule has 1 aromatic heterocycles. The van der Waals surface area contributed by atoms with E-state index in [-0.39, 0.29) is 0 Å². The quantitative estimate of drug-likeness (QED) is 0.901. The first-order chi connectivity index (χ1) is 9.88. The van der Waals surface area contributed by atoms with E-state index in [2.05, 4.69) is 35.6 Å². The standard InChI is InChI=1S/C18H21NS/c1-2-5-14-10-16(9-8-13(14)4-1)19-12-17-11-15-6-3-7-18(15)20-17/h1-2,4-5,11,16,19H,3,6-10,12H2. The van der Waals surface area contributed by atoms with Crippen molar-refractivity contribution in [3.8, 4) is 0 Å². The van der Waals surface area contributed by atoms with Crippen LogP contribution < -0.4 is 5.32 Å². The monoisotopic (exact) mass is 283 g/mol. The Labute approximate surface area is 125 Å². The third kappa shape index (κ3) is 2.43. The first-order valence-corrected chi connectivity index (χ1v) is 8.61. The second-order valence-electron chi connectivity index (χ2n) is 6.10. The summed E-state index contributed by atoms with van der Waals surface area (Å²) in [5.74, 6) is 0. The molecule has 1 heterocycles. The fraction of sp³-hybridized carbons (Fsp3) is 0.444. The average molecular weight is 283 g/mol. The Morgan fingerprint density at radius 2 is 1.95 bits per heavy atom. The van der Waals surface area contributed by atoms with Crippen molar-refractivity contribution in [2.75, 3.05) is 0 Å². The fourth-order valence-electron chi connectivity index (χ4n) is 3.59. The van der Waals surface area contributed by atoms with E-state index in [0.29, 0.717) is 6.04 Å². The summed E-state index contributed by atoms with van der Waals surface area (Å²) in [5.41, 5.74) is 4.73. The summed E-state index contributed by atoms with van der Waals surface area (Å²) in [6, 6.07) is 12.0. The highest BCUT2D eigenvalue weighted by Gasteiger charge is 2.19. The number of aryl methyl sites for hydroxylation is 3. The molecule has 1 N–H and O–H groups in total. The van der Waals surface area contributed by atoms with Crippen molar-refractivity contribution in [1.29, 1.82) is 0 Å². The Morgan fingerprint density at radius 1 is 1.05 bits per heavy atom. The van der Waals surface area contributed by atoms with Gasteiger partial charge in [-0.1, -0.05) is 24.3 Å². The van der Waals surface area contributed by atoms with E-state index >= 15 is 0 Å². The highest BCUT2D eigenvalue weighted by Crippen LogP contribution is 2.30. The van der Waals surface area contributed by atoms with Crippen molar-refractivity contribution >= 4 is 11.3 Å².